The Labute approximate surface area is 119 Å². The number of nitrogens with two attached hydrogens (primary N) is 1. The molecule has 5 heteroatoms. The molecule has 1 saturated carbocycles. The Balaban J connectivity index is 2.18. The van der Waals surface area contributed by atoms with Crippen LogP contribution in [0.1, 0.15) is 43.7 Å². The molecular weight excluding hydrogens is 257 g/mol. The summed E-state index contributed by atoms with van der Waals surface area (Å²) in [7, 11) is 0. The number of benzene rings is 1. The second kappa shape index (κ2) is 6.70. The molecule has 0 unspecified atom stereocenters. The van der Waals surface area contributed by atoms with E-state index in [1.54, 1.807) is 6.07 Å². The summed E-state index contributed by atoms with van der Waals surface area (Å²) in [5.41, 5.74) is 7.03. The van der Waals surface area contributed by atoms with E-state index in [9.17, 15) is 4.39 Å². The molecule has 3 N–H and O–H groups in total. The third-order valence-electron chi connectivity index (χ3n) is 3.69. The van der Waals surface area contributed by atoms with Crippen LogP contribution in [0.5, 0.6) is 0 Å². The van der Waals surface area contributed by atoms with Gasteiger partial charge in [-0.3, -0.25) is 4.90 Å². The second-order valence-corrected chi connectivity index (χ2v) is 5.34. The van der Waals surface area contributed by atoms with E-state index in [0.717, 1.165) is 31.5 Å². The number of halogens is 1. The van der Waals surface area contributed by atoms with Crippen LogP contribution in [0.4, 0.5) is 4.39 Å². The highest BCUT2D eigenvalue weighted by atomic mass is 19.1. The smallest absolute Gasteiger partial charge is 0.170 e. The first-order valence-corrected chi connectivity index (χ1v) is 7.16. The first kappa shape index (κ1) is 14.8. The van der Waals surface area contributed by atoms with Gasteiger partial charge in [0.25, 0.3) is 0 Å². The van der Waals surface area contributed by atoms with Crippen molar-refractivity contribution in [1.29, 1.82) is 0 Å². The van der Waals surface area contributed by atoms with E-state index in [1.165, 1.54) is 25.0 Å². The highest BCUT2D eigenvalue weighted by Crippen LogP contribution is 2.29. The molecule has 0 heterocycles. The highest BCUT2D eigenvalue weighted by molar-refractivity contribution is 5.98. The summed E-state index contributed by atoms with van der Waals surface area (Å²) in [5, 5.41) is 11.8. The molecule has 0 saturated heterocycles. The molecule has 0 aromatic heterocycles. The Kier molecular flexibility index (Phi) is 4.95. The largest absolute Gasteiger partial charge is 0.409 e. The van der Waals surface area contributed by atoms with Crippen molar-refractivity contribution in [2.45, 2.75) is 45.2 Å². The van der Waals surface area contributed by atoms with Crippen LogP contribution >= 0.6 is 0 Å². The van der Waals surface area contributed by atoms with Crippen LogP contribution in [-0.2, 0) is 6.54 Å². The topological polar surface area (TPSA) is 61.8 Å². The van der Waals surface area contributed by atoms with Gasteiger partial charge < -0.3 is 10.9 Å². The van der Waals surface area contributed by atoms with Gasteiger partial charge in [-0.15, -0.1) is 0 Å². The van der Waals surface area contributed by atoms with Crippen molar-refractivity contribution in [3.8, 4) is 0 Å². The number of hydrogen-bond acceptors (Lipinski definition) is 3. The quantitative estimate of drug-likeness (QED) is 0.349. The Morgan fingerprint density at radius 2 is 2.25 bits per heavy atom. The van der Waals surface area contributed by atoms with Crippen molar-refractivity contribution < 1.29 is 9.60 Å². The molecule has 1 aliphatic rings. The van der Waals surface area contributed by atoms with Crippen LogP contribution in [0.25, 0.3) is 0 Å². The lowest BCUT2D eigenvalue weighted by molar-refractivity contribution is 0.250. The fourth-order valence-electron chi connectivity index (χ4n) is 2.39. The standard InChI is InChI=1S/C15H22FN3O/c1-2-3-8-19(13-6-7-13)10-11-4-5-12(16)9-14(11)15(17)18-20/h4-5,9,13,20H,2-3,6-8,10H2,1H3,(H2,17,18). The van der Waals surface area contributed by atoms with Crippen molar-refractivity contribution in [3.63, 3.8) is 0 Å². The van der Waals surface area contributed by atoms with E-state index in [4.69, 9.17) is 10.9 Å². The summed E-state index contributed by atoms with van der Waals surface area (Å²) in [6.45, 7) is 3.93. The zero-order valence-corrected chi connectivity index (χ0v) is 11.8. The van der Waals surface area contributed by atoms with Gasteiger partial charge in [0.1, 0.15) is 5.82 Å². The molecule has 0 atom stereocenters. The first-order valence-electron chi connectivity index (χ1n) is 7.16. The van der Waals surface area contributed by atoms with Gasteiger partial charge in [-0.25, -0.2) is 4.39 Å². The maximum Gasteiger partial charge on any atom is 0.170 e. The third kappa shape index (κ3) is 3.70. The molecule has 110 valence electrons. The molecule has 0 radical (unpaired) electrons. The van der Waals surface area contributed by atoms with E-state index in [2.05, 4.69) is 17.0 Å². The second-order valence-electron chi connectivity index (χ2n) is 5.34. The first-order chi connectivity index (χ1) is 9.65. The van der Waals surface area contributed by atoms with E-state index in [-0.39, 0.29) is 11.7 Å². The van der Waals surface area contributed by atoms with Gasteiger partial charge in [-0.2, -0.15) is 0 Å². The van der Waals surface area contributed by atoms with Gasteiger partial charge in [-0.05, 0) is 43.5 Å². The van der Waals surface area contributed by atoms with Crippen molar-refractivity contribution in [2.24, 2.45) is 10.9 Å². The number of rotatable bonds is 7. The molecule has 2 rings (SSSR count). The molecule has 0 amide bonds. The molecule has 0 spiro atoms. The van der Waals surface area contributed by atoms with Crippen molar-refractivity contribution in [1.82, 2.24) is 4.90 Å². The summed E-state index contributed by atoms with van der Waals surface area (Å²) < 4.78 is 13.3. The molecular formula is C15H22FN3O. The zero-order valence-electron chi connectivity index (χ0n) is 11.8. The normalized spacial score (nSPS) is 15.8. The number of oxime groups is 1. The summed E-state index contributed by atoms with van der Waals surface area (Å²) in [5.74, 6) is -0.410. The molecule has 4 nitrogen and oxygen atoms in total. The van der Waals surface area contributed by atoms with Crippen LogP contribution in [0.2, 0.25) is 0 Å². The minimum atomic E-state index is -0.373. The molecule has 1 aromatic carbocycles. The maximum absolute atomic E-state index is 13.3. The van der Waals surface area contributed by atoms with Crippen LogP contribution in [0.15, 0.2) is 23.4 Å². The molecule has 20 heavy (non-hydrogen) atoms. The highest BCUT2D eigenvalue weighted by Gasteiger charge is 2.29. The van der Waals surface area contributed by atoms with Gasteiger partial charge in [0.05, 0.1) is 0 Å². The fourth-order valence-corrected chi connectivity index (χ4v) is 2.39. The van der Waals surface area contributed by atoms with E-state index < -0.39 is 0 Å². The third-order valence-corrected chi connectivity index (χ3v) is 3.69. The average molecular weight is 279 g/mol. The Morgan fingerprint density at radius 1 is 1.50 bits per heavy atom. The lowest BCUT2D eigenvalue weighted by Gasteiger charge is -2.23. The minimum Gasteiger partial charge on any atom is -0.409 e. The van der Waals surface area contributed by atoms with Crippen molar-refractivity contribution >= 4 is 5.84 Å². The SMILES string of the molecule is CCCCN(Cc1ccc(F)cc1C(N)=NO)C1CC1. The summed E-state index contributed by atoms with van der Waals surface area (Å²) in [4.78, 5) is 2.41. The van der Waals surface area contributed by atoms with E-state index >= 15 is 0 Å². The van der Waals surface area contributed by atoms with Crippen molar-refractivity contribution in [2.75, 3.05) is 6.54 Å². The summed E-state index contributed by atoms with van der Waals surface area (Å²) in [6, 6.07) is 5.11. The molecule has 0 bridgehead atoms. The lowest BCUT2D eigenvalue weighted by atomic mass is 10.1. The maximum atomic E-state index is 13.3. The van der Waals surface area contributed by atoms with Gasteiger partial charge in [-0.1, -0.05) is 24.6 Å². The summed E-state index contributed by atoms with van der Waals surface area (Å²) >= 11 is 0. The van der Waals surface area contributed by atoms with Crippen LogP contribution in [-0.4, -0.2) is 28.5 Å². The van der Waals surface area contributed by atoms with Crippen LogP contribution in [0, 0.1) is 5.82 Å². The minimum absolute atomic E-state index is 0.0364. The van der Waals surface area contributed by atoms with E-state index in [1.807, 2.05) is 0 Å². The average Bonchev–Trinajstić information content (AvgIpc) is 3.28. The number of hydrogen-bond donors (Lipinski definition) is 2. The van der Waals surface area contributed by atoms with Gasteiger partial charge in [0.15, 0.2) is 5.84 Å². The Hall–Kier alpha value is -1.62. The number of amidine groups is 1. The lowest BCUT2D eigenvalue weighted by Crippen LogP contribution is -2.28. The zero-order chi connectivity index (χ0) is 14.5. The molecule has 1 fully saturated rings. The van der Waals surface area contributed by atoms with E-state index in [0.29, 0.717) is 11.6 Å². The molecule has 0 aliphatic heterocycles. The van der Waals surface area contributed by atoms with Crippen LogP contribution in [0.3, 0.4) is 0 Å². The Morgan fingerprint density at radius 3 is 2.85 bits per heavy atom. The fraction of sp³-hybridized carbons (Fsp3) is 0.533. The van der Waals surface area contributed by atoms with Crippen molar-refractivity contribution in [3.05, 3.63) is 35.1 Å². The summed E-state index contributed by atoms with van der Waals surface area (Å²) in [6.07, 6.45) is 4.75. The van der Waals surface area contributed by atoms with Crippen LogP contribution < -0.4 is 5.73 Å². The van der Waals surface area contributed by atoms with Gasteiger partial charge >= 0.3 is 0 Å². The monoisotopic (exact) mass is 279 g/mol. The molecule has 1 aliphatic carbocycles. The number of nitrogens with zero attached hydrogens (tertiary/aromatic N) is 2. The Bertz CT molecular complexity index is 486. The predicted molar refractivity (Wildman–Crippen MR) is 77.3 cm³/mol. The van der Waals surface area contributed by atoms with Gasteiger partial charge in [0, 0.05) is 18.2 Å². The number of unbranched alkanes of at least 4 members (excludes halogenated alkanes) is 1. The van der Waals surface area contributed by atoms with Gasteiger partial charge in [0.2, 0.25) is 0 Å². The predicted octanol–water partition coefficient (Wildman–Crippen LogP) is 2.68. The molecule has 1 aromatic rings.